The van der Waals surface area contributed by atoms with Crippen molar-refractivity contribution in [2.45, 2.75) is 12.8 Å². The highest BCUT2D eigenvalue weighted by Gasteiger charge is 2.05. The van der Waals surface area contributed by atoms with Crippen molar-refractivity contribution in [3.8, 4) is 11.3 Å². The zero-order chi connectivity index (χ0) is 18.4. The highest BCUT2D eigenvalue weighted by Crippen LogP contribution is 2.17. The average Bonchev–Trinajstić information content (AvgIpc) is 2.63. The highest BCUT2D eigenvalue weighted by atomic mass is 19.1. The molecule has 132 valence electrons. The Labute approximate surface area is 150 Å². The fourth-order valence-corrected chi connectivity index (χ4v) is 2.61. The summed E-state index contributed by atoms with van der Waals surface area (Å²) in [5.74, 6) is -0.681. The number of halogens is 2. The van der Waals surface area contributed by atoms with Crippen LogP contribution >= 0.6 is 0 Å². The van der Waals surface area contributed by atoms with Crippen LogP contribution in [0.25, 0.3) is 11.3 Å². The van der Waals surface area contributed by atoms with E-state index in [4.69, 9.17) is 0 Å². The predicted molar refractivity (Wildman–Crippen MR) is 96.4 cm³/mol. The molecule has 0 saturated carbocycles. The van der Waals surface area contributed by atoms with E-state index >= 15 is 0 Å². The van der Waals surface area contributed by atoms with E-state index in [2.05, 4.69) is 10.3 Å². The van der Waals surface area contributed by atoms with Gasteiger partial charge in [0.25, 0.3) is 0 Å². The first-order chi connectivity index (χ1) is 12.6. The molecule has 0 bridgehead atoms. The van der Waals surface area contributed by atoms with Crippen LogP contribution in [0.4, 0.5) is 8.78 Å². The van der Waals surface area contributed by atoms with Gasteiger partial charge in [-0.15, -0.1) is 0 Å². The first-order valence-corrected chi connectivity index (χ1v) is 8.32. The van der Waals surface area contributed by atoms with E-state index in [9.17, 15) is 13.6 Å². The molecule has 0 saturated heterocycles. The van der Waals surface area contributed by atoms with Crippen molar-refractivity contribution in [2.24, 2.45) is 0 Å². The van der Waals surface area contributed by atoms with Crippen LogP contribution in [-0.4, -0.2) is 17.4 Å². The van der Waals surface area contributed by atoms with Crippen molar-refractivity contribution in [3.05, 3.63) is 89.6 Å². The summed E-state index contributed by atoms with van der Waals surface area (Å²) in [4.78, 5) is 16.3. The Bertz CT molecular complexity index is 877. The molecule has 3 aromatic rings. The standard InChI is InChI=1S/C21H18F2N2O/c22-18-7-5-17(6-8-18)20-9-4-16(14-25-20)13-21(26)24-11-10-15-2-1-3-19(23)12-15/h1-9,12,14H,10-11,13H2,(H,24,26). The molecular formula is C21H18F2N2O. The monoisotopic (exact) mass is 352 g/mol. The molecule has 1 amide bonds. The lowest BCUT2D eigenvalue weighted by Crippen LogP contribution is -2.27. The zero-order valence-corrected chi connectivity index (χ0v) is 14.1. The van der Waals surface area contributed by atoms with Crippen LogP contribution in [0.5, 0.6) is 0 Å². The predicted octanol–water partition coefficient (Wildman–Crippen LogP) is 3.93. The maximum Gasteiger partial charge on any atom is 0.224 e. The number of pyridine rings is 1. The lowest BCUT2D eigenvalue weighted by molar-refractivity contribution is -0.120. The molecule has 0 atom stereocenters. The second kappa shape index (κ2) is 8.34. The summed E-state index contributed by atoms with van der Waals surface area (Å²) >= 11 is 0. The number of amides is 1. The normalized spacial score (nSPS) is 10.5. The van der Waals surface area contributed by atoms with Gasteiger partial charge in [-0.25, -0.2) is 8.78 Å². The minimum Gasteiger partial charge on any atom is -0.355 e. The summed E-state index contributed by atoms with van der Waals surface area (Å²) in [7, 11) is 0. The van der Waals surface area contributed by atoms with Gasteiger partial charge in [-0.2, -0.15) is 0 Å². The lowest BCUT2D eigenvalue weighted by atomic mass is 10.1. The third kappa shape index (κ3) is 4.96. The van der Waals surface area contributed by atoms with Gasteiger partial charge in [-0.05, 0) is 60.0 Å². The largest absolute Gasteiger partial charge is 0.355 e. The van der Waals surface area contributed by atoms with E-state index < -0.39 is 0 Å². The van der Waals surface area contributed by atoms with E-state index in [0.29, 0.717) is 13.0 Å². The molecule has 1 heterocycles. The first kappa shape index (κ1) is 17.7. The molecule has 0 unspecified atom stereocenters. The van der Waals surface area contributed by atoms with Crippen molar-refractivity contribution in [2.75, 3.05) is 6.54 Å². The molecule has 0 spiro atoms. The Morgan fingerprint density at radius 1 is 0.923 bits per heavy atom. The van der Waals surface area contributed by atoms with Gasteiger partial charge in [-0.3, -0.25) is 9.78 Å². The highest BCUT2D eigenvalue weighted by molar-refractivity contribution is 5.78. The van der Waals surface area contributed by atoms with Crippen molar-refractivity contribution in [1.82, 2.24) is 10.3 Å². The minimum absolute atomic E-state index is 0.113. The number of nitrogens with one attached hydrogen (secondary N) is 1. The van der Waals surface area contributed by atoms with Crippen LogP contribution in [0.3, 0.4) is 0 Å². The third-order valence-electron chi connectivity index (χ3n) is 3.95. The second-order valence-electron chi connectivity index (χ2n) is 5.97. The number of carbonyl (C=O) groups excluding carboxylic acids is 1. The first-order valence-electron chi connectivity index (χ1n) is 8.32. The fourth-order valence-electron chi connectivity index (χ4n) is 2.61. The van der Waals surface area contributed by atoms with Gasteiger partial charge in [0.2, 0.25) is 5.91 Å². The van der Waals surface area contributed by atoms with E-state index in [-0.39, 0.29) is 24.0 Å². The van der Waals surface area contributed by atoms with Gasteiger partial charge in [0, 0.05) is 18.3 Å². The Morgan fingerprint density at radius 2 is 1.73 bits per heavy atom. The number of nitrogens with zero attached hydrogens (tertiary/aromatic N) is 1. The smallest absolute Gasteiger partial charge is 0.224 e. The van der Waals surface area contributed by atoms with Crippen LogP contribution < -0.4 is 5.32 Å². The summed E-state index contributed by atoms with van der Waals surface area (Å²) in [6, 6.07) is 16.1. The molecule has 1 N–H and O–H groups in total. The molecular weight excluding hydrogens is 334 g/mol. The molecule has 5 heteroatoms. The minimum atomic E-state index is -0.291. The maximum absolute atomic E-state index is 13.1. The Hall–Kier alpha value is -3.08. The molecule has 3 nitrogen and oxygen atoms in total. The number of hydrogen-bond donors (Lipinski definition) is 1. The van der Waals surface area contributed by atoms with Crippen LogP contribution in [0.1, 0.15) is 11.1 Å². The van der Waals surface area contributed by atoms with Gasteiger partial charge < -0.3 is 5.32 Å². The third-order valence-corrected chi connectivity index (χ3v) is 3.95. The van der Waals surface area contributed by atoms with Crippen LogP contribution in [0.15, 0.2) is 66.9 Å². The topological polar surface area (TPSA) is 42.0 Å². The maximum atomic E-state index is 13.1. The lowest BCUT2D eigenvalue weighted by Gasteiger charge is -2.06. The van der Waals surface area contributed by atoms with E-state index in [1.165, 1.54) is 24.3 Å². The van der Waals surface area contributed by atoms with Gasteiger partial charge >= 0.3 is 0 Å². The average molecular weight is 352 g/mol. The summed E-state index contributed by atoms with van der Waals surface area (Å²) in [5, 5.41) is 2.82. The van der Waals surface area contributed by atoms with Crippen molar-refractivity contribution < 1.29 is 13.6 Å². The number of hydrogen-bond acceptors (Lipinski definition) is 2. The van der Waals surface area contributed by atoms with Gasteiger partial charge in [0.05, 0.1) is 12.1 Å². The molecule has 2 aromatic carbocycles. The van der Waals surface area contributed by atoms with Crippen molar-refractivity contribution >= 4 is 5.91 Å². The number of aromatic nitrogens is 1. The quantitative estimate of drug-likeness (QED) is 0.730. The Morgan fingerprint density at radius 3 is 2.42 bits per heavy atom. The second-order valence-corrected chi connectivity index (χ2v) is 5.97. The summed E-state index contributed by atoms with van der Waals surface area (Å²) in [5.41, 5.74) is 3.17. The van der Waals surface area contributed by atoms with E-state index in [0.717, 1.165) is 22.4 Å². The molecule has 1 aromatic heterocycles. The zero-order valence-electron chi connectivity index (χ0n) is 14.1. The van der Waals surface area contributed by atoms with Crippen LogP contribution in [0, 0.1) is 11.6 Å². The van der Waals surface area contributed by atoms with E-state index in [1.807, 2.05) is 18.2 Å². The number of benzene rings is 2. The molecule has 0 aliphatic heterocycles. The van der Waals surface area contributed by atoms with Gasteiger partial charge in [-0.1, -0.05) is 18.2 Å². The molecule has 3 rings (SSSR count). The molecule has 0 aliphatic rings. The Kier molecular flexibility index (Phi) is 5.69. The van der Waals surface area contributed by atoms with Crippen molar-refractivity contribution in [3.63, 3.8) is 0 Å². The summed E-state index contributed by atoms with van der Waals surface area (Å²) in [6.45, 7) is 0.448. The van der Waals surface area contributed by atoms with E-state index in [1.54, 1.807) is 24.4 Å². The summed E-state index contributed by atoms with van der Waals surface area (Å²) in [6.07, 6.45) is 2.44. The summed E-state index contributed by atoms with van der Waals surface area (Å²) < 4.78 is 26.1. The van der Waals surface area contributed by atoms with Crippen LogP contribution in [-0.2, 0) is 17.6 Å². The molecule has 0 radical (unpaired) electrons. The van der Waals surface area contributed by atoms with Gasteiger partial charge in [0.15, 0.2) is 0 Å². The van der Waals surface area contributed by atoms with Gasteiger partial charge in [0.1, 0.15) is 11.6 Å². The molecule has 26 heavy (non-hydrogen) atoms. The van der Waals surface area contributed by atoms with Crippen molar-refractivity contribution in [1.29, 1.82) is 0 Å². The van der Waals surface area contributed by atoms with Crippen LogP contribution in [0.2, 0.25) is 0 Å². The number of rotatable bonds is 6. The Balaban J connectivity index is 1.50. The fraction of sp³-hybridized carbons (Fsp3) is 0.143. The SMILES string of the molecule is O=C(Cc1ccc(-c2ccc(F)cc2)nc1)NCCc1cccc(F)c1. The number of carbonyl (C=O) groups is 1. The molecule has 0 fully saturated rings. The molecule has 0 aliphatic carbocycles.